The summed E-state index contributed by atoms with van der Waals surface area (Å²) < 4.78 is 18.0. The summed E-state index contributed by atoms with van der Waals surface area (Å²) >= 11 is 10.4. The fourth-order valence-electron chi connectivity index (χ4n) is 5.88. The Hall–Kier alpha value is -2.60. The normalized spacial score (nSPS) is 15.0. The van der Waals surface area contributed by atoms with E-state index in [9.17, 15) is 0 Å². The van der Waals surface area contributed by atoms with Gasteiger partial charge in [-0.15, -0.1) is 0 Å². The van der Waals surface area contributed by atoms with Crippen LogP contribution >= 0.6 is 47.8 Å². The van der Waals surface area contributed by atoms with Gasteiger partial charge in [-0.3, -0.25) is 4.90 Å². The minimum atomic E-state index is 0.636. The second-order valence-corrected chi connectivity index (χ2v) is 14.0. The van der Waals surface area contributed by atoms with Crippen molar-refractivity contribution in [2.75, 3.05) is 56.2 Å². The molecule has 8 nitrogen and oxygen atoms in total. The summed E-state index contributed by atoms with van der Waals surface area (Å²) in [7, 11) is 0. The monoisotopic (exact) mass is 800 g/mol. The van der Waals surface area contributed by atoms with Crippen LogP contribution < -0.4 is 14.4 Å². The molecule has 4 heterocycles. The number of alkyl halides is 1. The zero-order valence-corrected chi connectivity index (χ0v) is 30.1. The Bertz CT molecular complexity index is 1700. The first-order valence-electron chi connectivity index (χ1n) is 15.7. The summed E-state index contributed by atoms with van der Waals surface area (Å²) in [6.07, 6.45) is 8.65. The lowest BCUT2D eigenvalue weighted by atomic mass is 10.2. The Morgan fingerprint density at radius 3 is 1.82 bits per heavy atom. The average Bonchev–Trinajstić information content (AvgIpc) is 3.66. The van der Waals surface area contributed by atoms with Gasteiger partial charge in [-0.2, -0.15) is 0 Å². The second-order valence-electron chi connectivity index (χ2n) is 11.4. The largest absolute Gasteiger partial charge is 0.486 e. The lowest BCUT2D eigenvalue weighted by Crippen LogP contribution is -2.46. The number of hydrogen-bond acceptors (Lipinski definition) is 6. The quantitative estimate of drug-likeness (QED) is 0.105. The number of halogens is 3. The summed E-state index contributed by atoms with van der Waals surface area (Å²) in [5.74, 6) is 1.74. The van der Waals surface area contributed by atoms with E-state index in [1.807, 2.05) is 18.7 Å². The fourth-order valence-corrected chi connectivity index (χ4v) is 6.98. The molecule has 1 saturated heterocycles. The molecule has 3 aromatic carbocycles. The van der Waals surface area contributed by atoms with Crippen molar-refractivity contribution in [3.8, 4) is 11.5 Å². The topological polar surface area (TPSA) is 60.6 Å². The maximum atomic E-state index is 5.73. The number of aromatic nitrogens is 4. The molecule has 0 N–H and O–H groups in total. The van der Waals surface area contributed by atoms with Crippen LogP contribution in [0.15, 0.2) is 76.2 Å². The van der Waals surface area contributed by atoms with Crippen molar-refractivity contribution in [2.24, 2.45) is 0 Å². The highest BCUT2D eigenvalue weighted by molar-refractivity contribution is 9.10. The fraction of sp³-hybridized carbons (Fsp3) is 0.412. The zero-order valence-electron chi connectivity index (χ0n) is 25.4. The van der Waals surface area contributed by atoms with Crippen LogP contribution in [0.5, 0.6) is 11.5 Å². The second kappa shape index (κ2) is 15.8. The number of nitrogens with zero attached hydrogens (tertiary/aromatic N) is 6. The van der Waals surface area contributed by atoms with Crippen molar-refractivity contribution in [3.05, 3.63) is 76.2 Å². The SMILES string of the molecule is BrCCCCn1cnc2cc(Br)ccc21.Brc1ccc2c(c1)ncn2CCCCN1CCN(c2ccc3c(c2)OCCO3)CC1. The lowest BCUT2D eigenvalue weighted by molar-refractivity contribution is 0.171. The van der Waals surface area contributed by atoms with E-state index in [-0.39, 0.29) is 0 Å². The van der Waals surface area contributed by atoms with E-state index in [0.29, 0.717) is 13.2 Å². The summed E-state index contributed by atoms with van der Waals surface area (Å²) in [5.41, 5.74) is 5.78. The zero-order chi connectivity index (χ0) is 31.0. The molecule has 0 radical (unpaired) electrons. The molecular weight excluding hydrogens is 764 g/mol. The third-order valence-corrected chi connectivity index (χ3v) is 9.88. The van der Waals surface area contributed by atoms with Gasteiger partial charge in [0.15, 0.2) is 11.5 Å². The highest BCUT2D eigenvalue weighted by Crippen LogP contribution is 2.34. The van der Waals surface area contributed by atoms with Gasteiger partial charge in [0, 0.05) is 65.3 Å². The van der Waals surface area contributed by atoms with Crippen molar-refractivity contribution >= 4 is 75.5 Å². The summed E-state index contributed by atoms with van der Waals surface area (Å²) in [6, 6.07) is 18.8. The van der Waals surface area contributed by atoms with Gasteiger partial charge in [0.1, 0.15) is 13.2 Å². The van der Waals surface area contributed by atoms with Crippen LogP contribution in [0.3, 0.4) is 0 Å². The number of unbranched alkanes of at least 4 members (excludes halogenated alkanes) is 2. The number of aryl methyl sites for hydroxylation is 2. The van der Waals surface area contributed by atoms with Crippen LogP contribution in [0.1, 0.15) is 25.7 Å². The van der Waals surface area contributed by atoms with Crippen LogP contribution in [-0.2, 0) is 13.1 Å². The first-order valence-corrected chi connectivity index (χ1v) is 18.4. The van der Waals surface area contributed by atoms with Gasteiger partial charge in [0.25, 0.3) is 0 Å². The molecule has 45 heavy (non-hydrogen) atoms. The van der Waals surface area contributed by atoms with Crippen LogP contribution in [-0.4, -0.2) is 75.3 Å². The first kappa shape index (κ1) is 32.3. The Kier molecular flexibility index (Phi) is 11.4. The van der Waals surface area contributed by atoms with E-state index < -0.39 is 0 Å². The third kappa shape index (κ3) is 8.41. The maximum Gasteiger partial charge on any atom is 0.163 e. The number of ether oxygens (including phenoxy) is 2. The van der Waals surface area contributed by atoms with Crippen molar-refractivity contribution in [1.29, 1.82) is 0 Å². The molecule has 0 atom stereocenters. The van der Waals surface area contributed by atoms with E-state index in [0.717, 1.165) is 82.6 Å². The van der Waals surface area contributed by atoms with Gasteiger partial charge in [-0.1, -0.05) is 47.8 Å². The van der Waals surface area contributed by atoms with Gasteiger partial charge >= 0.3 is 0 Å². The number of imidazole rings is 2. The van der Waals surface area contributed by atoms with Crippen LogP contribution in [0, 0.1) is 0 Å². The highest BCUT2D eigenvalue weighted by Gasteiger charge is 2.19. The molecule has 2 aliphatic heterocycles. The number of rotatable bonds is 10. The van der Waals surface area contributed by atoms with E-state index in [1.165, 1.54) is 42.4 Å². The molecule has 0 unspecified atom stereocenters. The van der Waals surface area contributed by atoms with Gasteiger partial charge in [-0.05, 0) is 80.8 Å². The van der Waals surface area contributed by atoms with Crippen LogP contribution in [0.25, 0.3) is 22.1 Å². The molecule has 1 fully saturated rings. The molecule has 0 saturated carbocycles. The molecule has 0 aliphatic carbocycles. The van der Waals surface area contributed by atoms with Gasteiger partial charge < -0.3 is 23.5 Å². The molecule has 11 heteroatoms. The predicted octanol–water partition coefficient (Wildman–Crippen LogP) is 8.15. The van der Waals surface area contributed by atoms with E-state index in [1.54, 1.807) is 0 Å². The number of piperazine rings is 1. The summed E-state index contributed by atoms with van der Waals surface area (Å²) in [6.45, 7) is 8.83. The standard InChI is InChI=1S/C23H27BrN4O2.C11H12Br2N2/c24-18-3-5-21-20(15-18)25-17-28(21)8-2-1-7-26-9-11-27(12-10-26)19-4-6-22-23(16-19)30-14-13-29-22;12-5-1-2-6-15-8-14-10-7-9(13)3-4-11(10)15/h3-6,15-17H,1-2,7-14H2;3-4,7-8H,1-2,5-6H2. The maximum absolute atomic E-state index is 5.73. The molecular formula is C34H39Br3N6O2. The third-order valence-electron chi connectivity index (χ3n) is 8.34. The Morgan fingerprint density at radius 1 is 0.622 bits per heavy atom. The smallest absolute Gasteiger partial charge is 0.163 e. The summed E-state index contributed by atoms with van der Waals surface area (Å²) in [4.78, 5) is 13.9. The van der Waals surface area contributed by atoms with Crippen molar-refractivity contribution in [3.63, 3.8) is 0 Å². The van der Waals surface area contributed by atoms with E-state index in [2.05, 4.69) is 125 Å². The predicted molar refractivity (Wildman–Crippen MR) is 193 cm³/mol. The number of benzene rings is 3. The molecule has 0 spiro atoms. The first-order chi connectivity index (χ1) is 22.1. The van der Waals surface area contributed by atoms with Crippen molar-refractivity contribution in [2.45, 2.75) is 38.8 Å². The molecule has 2 aliphatic rings. The Balaban J connectivity index is 0.000000200. The minimum Gasteiger partial charge on any atom is -0.486 e. The van der Waals surface area contributed by atoms with Crippen molar-refractivity contribution in [1.82, 2.24) is 24.0 Å². The van der Waals surface area contributed by atoms with Crippen LogP contribution in [0.2, 0.25) is 0 Å². The van der Waals surface area contributed by atoms with Crippen LogP contribution in [0.4, 0.5) is 5.69 Å². The molecule has 7 rings (SSSR count). The molecule has 5 aromatic rings. The van der Waals surface area contributed by atoms with Gasteiger partial charge in [0.05, 0.1) is 34.7 Å². The number of hydrogen-bond donors (Lipinski definition) is 0. The molecule has 238 valence electrons. The highest BCUT2D eigenvalue weighted by atomic mass is 79.9. The number of anilines is 1. The number of fused-ring (bicyclic) bond motifs is 3. The average molecular weight is 803 g/mol. The Morgan fingerprint density at radius 2 is 1.20 bits per heavy atom. The lowest BCUT2D eigenvalue weighted by Gasteiger charge is -2.36. The Labute approximate surface area is 290 Å². The molecule has 0 amide bonds. The van der Waals surface area contributed by atoms with Gasteiger partial charge in [0.2, 0.25) is 0 Å². The minimum absolute atomic E-state index is 0.636. The van der Waals surface area contributed by atoms with Crippen molar-refractivity contribution < 1.29 is 9.47 Å². The molecule has 2 aromatic heterocycles. The van der Waals surface area contributed by atoms with Gasteiger partial charge in [-0.25, -0.2) is 9.97 Å². The van der Waals surface area contributed by atoms with E-state index >= 15 is 0 Å². The summed E-state index contributed by atoms with van der Waals surface area (Å²) in [5, 5.41) is 1.07. The van der Waals surface area contributed by atoms with E-state index in [4.69, 9.17) is 9.47 Å². The molecule has 0 bridgehead atoms.